The van der Waals surface area contributed by atoms with Gasteiger partial charge in [-0.05, 0) is 56.4 Å². The van der Waals surface area contributed by atoms with E-state index in [0.717, 1.165) is 34.4 Å². The molecule has 1 aromatic rings. The van der Waals surface area contributed by atoms with Crippen LogP contribution in [0.5, 0.6) is 0 Å². The zero-order chi connectivity index (χ0) is 13.4. The molecule has 2 aliphatic heterocycles. The summed E-state index contributed by atoms with van der Waals surface area (Å²) in [7, 11) is 2.29. The van der Waals surface area contributed by atoms with Gasteiger partial charge in [0.1, 0.15) is 5.00 Å². The van der Waals surface area contributed by atoms with Gasteiger partial charge in [-0.2, -0.15) is 4.37 Å². The zero-order valence-electron chi connectivity index (χ0n) is 11.6. The molecule has 2 atom stereocenters. The molecule has 2 aliphatic rings. The lowest BCUT2D eigenvalue weighted by molar-refractivity contribution is 0.139. The monoisotopic (exact) mass is 298 g/mol. The topological polar surface area (TPSA) is 54.2 Å². The van der Waals surface area contributed by atoms with Gasteiger partial charge in [-0.25, -0.2) is 0 Å². The fourth-order valence-corrected chi connectivity index (χ4v) is 5.08. The van der Waals surface area contributed by atoms with Crippen molar-refractivity contribution in [3.63, 3.8) is 0 Å². The molecular formula is C13H22N4S2. The van der Waals surface area contributed by atoms with Gasteiger partial charge in [0, 0.05) is 18.6 Å². The number of nitrogens with one attached hydrogen (secondary N) is 1. The Morgan fingerprint density at radius 1 is 1.42 bits per heavy atom. The Balaban J connectivity index is 1.58. The lowest BCUT2D eigenvalue weighted by atomic mass is 9.91. The molecule has 0 aliphatic carbocycles. The van der Waals surface area contributed by atoms with Crippen LogP contribution in [0.25, 0.3) is 0 Å². The van der Waals surface area contributed by atoms with Crippen molar-refractivity contribution < 1.29 is 0 Å². The number of rotatable bonds is 4. The van der Waals surface area contributed by atoms with E-state index in [0.29, 0.717) is 5.82 Å². The Kier molecular flexibility index (Phi) is 3.91. The van der Waals surface area contributed by atoms with Crippen LogP contribution in [-0.4, -0.2) is 41.2 Å². The summed E-state index contributed by atoms with van der Waals surface area (Å²) in [5.41, 5.74) is 5.86. The third-order valence-corrected chi connectivity index (χ3v) is 6.40. The molecule has 2 bridgehead atoms. The summed E-state index contributed by atoms with van der Waals surface area (Å²) < 4.78 is 4.23. The number of nitrogen functional groups attached to an aromatic ring is 1. The van der Waals surface area contributed by atoms with E-state index in [1.165, 1.54) is 37.2 Å². The Labute approximate surface area is 123 Å². The van der Waals surface area contributed by atoms with Crippen molar-refractivity contribution in [2.24, 2.45) is 5.92 Å². The molecule has 0 saturated carbocycles. The van der Waals surface area contributed by atoms with Crippen molar-refractivity contribution in [3.8, 4) is 0 Å². The largest absolute Gasteiger partial charge is 0.382 e. The number of piperidine rings is 1. The number of nitrogens with zero attached hydrogens (tertiary/aromatic N) is 2. The van der Waals surface area contributed by atoms with Crippen molar-refractivity contribution in [1.82, 2.24) is 9.27 Å². The van der Waals surface area contributed by atoms with Crippen LogP contribution in [0.15, 0.2) is 4.90 Å². The maximum Gasteiger partial charge on any atom is 0.153 e. The number of anilines is 2. The number of aromatic nitrogens is 1. The molecule has 1 aromatic heterocycles. The normalized spacial score (nSPS) is 30.7. The highest BCUT2D eigenvalue weighted by molar-refractivity contribution is 7.99. The summed E-state index contributed by atoms with van der Waals surface area (Å²) >= 11 is 3.17. The molecule has 0 aromatic carbocycles. The molecule has 0 spiro atoms. The van der Waals surface area contributed by atoms with Gasteiger partial charge in [-0.3, -0.25) is 0 Å². The third-order valence-electron chi connectivity index (χ3n) is 4.63. The smallest absolute Gasteiger partial charge is 0.153 e. The molecule has 3 heterocycles. The summed E-state index contributed by atoms with van der Waals surface area (Å²) in [5.74, 6) is 1.47. The Bertz CT molecular complexity index is 434. The van der Waals surface area contributed by atoms with Gasteiger partial charge in [0.15, 0.2) is 5.82 Å². The highest BCUT2D eigenvalue weighted by Gasteiger charge is 2.38. The van der Waals surface area contributed by atoms with Crippen LogP contribution >= 0.6 is 23.3 Å². The Morgan fingerprint density at radius 3 is 2.74 bits per heavy atom. The fraction of sp³-hybridized carbons (Fsp3) is 0.769. The van der Waals surface area contributed by atoms with E-state index in [9.17, 15) is 0 Å². The maximum atomic E-state index is 5.86. The summed E-state index contributed by atoms with van der Waals surface area (Å²) in [6.45, 7) is 1.07. The molecular weight excluding hydrogens is 276 g/mol. The average molecular weight is 298 g/mol. The second kappa shape index (κ2) is 5.50. The second-order valence-corrected chi connectivity index (χ2v) is 7.29. The Hall–Kier alpha value is -0.460. The van der Waals surface area contributed by atoms with Gasteiger partial charge in [-0.1, -0.05) is 0 Å². The molecule has 0 amide bonds. The lowest BCUT2D eigenvalue weighted by Crippen LogP contribution is -2.41. The molecule has 2 fully saturated rings. The van der Waals surface area contributed by atoms with Crippen molar-refractivity contribution in [3.05, 3.63) is 0 Å². The first-order chi connectivity index (χ1) is 9.19. The van der Waals surface area contributed by atoms with Gasteiger partial charge >= 0.3 is 0 Å². The number of thioether (sulfide) groups is 1. The fourth-order valence-electron chi connectivity index (χ4n) is 3.53. The minimum atomic E-state index is 0.670. The summed E-state index contributed by atoms with van der Waals surface area (Å²) in [6.07, 6.45) is 7.51. The van der Waals surface area contributed by atoms with E-state index < -0.39 is 0 Å². The predicted molar refractivity (Wildman–Crippen MR) is 84.1 cm³/mol. The van der Waals surface area contributed by atoms with Crippen LogP contribution in [0.1, 0.15) is 25.7 Å². The van der Waals surface area contributed by atoms with Crippen molar-refractivity contribution >= 4 is 34.1 Å². The van der Waals surface area contributed by atoms with E-state index in [1.54, 1.807) is 11.8 Å². The van der Waals surface area contributed by atoms with Gasteiger partial charge in [-0.15, -0.1) is 11.8 Å². The van der Waals surface area contributed by atoms with Crippen LogP contribution in [0.2, 0.25) is 0 Å². The summed E-state index contributed by atoms with van der Waals surface area (Å²) in [5, 5.41) is 4.72. The second-order valence-electron chi connectivity index (χ2n) is 5.70. The minimum absolute atomic E-state index is 0.670. The van der Waals surface area contributed by atoms with Gasteiger partial charge < -0.3 is 16.0 Å². The number of hydrogen-bond donors (Lipinski definition) is 2. The summed E-state index contributed by atoms with van der Waals surface area (Å²) in [6, 6.07) is 1.63. The standard InChI is InChI=1S/C13H22N4S2/c1-17-9-3-4-10(17)6-8(5-9)7-15-13-11(18-2)12(14)16-19-13/h8-10,15H,3-7H2,1-2H3,(H2,14,16). The molecule has 3 N–H and O–H groups in total. The summed E-state index contributed by atoms with van der Waals surface area (Å²) in [4.78, 5) is 3.70. The van der Waals surface area contributed by atoms with Gasteiger partial charge in [0.25, 0.3) is 0 Å². The quantitative estimate of drug-likeness (QED) is 0.837. The molecule has 2 saturated heterocycles. The lowest BCUT2D eigenvalue weighted by Gasteiger charge is -2.36. The van der Waals surface area contributed by atoms with Crippen molar-refractivity contribution in [1.29, 1.82) is 0 Å². The van der Waals surface area contributed by atoms with E-state index in [2.05, 4.69) is 27.9 Å². The Morgan fingerprint density at radius 2 is 2.11 bits per heavy atom. The molecule has 6 heteroatoms. The van der Waals surface area contributed by atoms with E-state index in [4.69, 9.17) is 5.73 Å². The van der Waals surface area contributed by atoms with Crippen LogP contribution in [0, 0.1) is 5.92 Å². The van der Waals surface area contributed by atoms with Crippen molar-refractivity contribution in [2.45, 2.75) is 42.7 Å². The van der Waals surface area contributed by atoms with E-state index >= 15 is 0 Å². The first kappa shape index (κ1) is 13.5. The molecule has 2 unspecified atom stereocenters. The highest BCUT2D eigenvalue weighted by Crippen LogP contribution is 2.39. The van der Waals surface area contributed by atoms with Crippen LogP contribution in [-0.2, 0) is 0 Å². The molecule has 106 valence electrons. The minimum Gasteiger partial charge on any atom is -0.382 e. The van der Waals surface area contributed by atoms with E-state index in [-0.39, 0.29) is 0 Å². The number of hydrogen-bond acceptors (Lipinski definition) is 6. The van der Waals surface area contributed by atoms with Crippen LogP contribution in [0.3, 0.4) is 0 Å². The first-order valence-corrected chi connectivity index (χ1v) is 8.93. The molecule has 19 heavy (non-hydrogen) atoms. The van der Waals surface area contributed by atoms with Crippen LogP contribution in [0.4, 0.5) is 10.8 Å². The first-order valence-electron chi connectivity index (χ1n) is 6.94. The highest BCUT2D eigenvalue weighted by atomic mass is 32.2. The molecule has 4 nitrogen and oxygen atoms in total. The van der Waals surface area contributed by atoms with Gasteiger partial charge in [0.05, 0.1) is 4.90 Å². The average Bonchev–Trinajstić information content (AvgIpc) is 2.84. The van der Waals surface area contributed by atoms with Gasteiger partial charge in [0.2, 0.25) is 0 Å². The maximum absolute atomic E-state index is 5.86. The number of nitrogens with two attached hydrogens (primary N) is 1. The van der Waals surface area contributed by atoms with E-state index in [1.807, 2.05) is 0 Å². The van der Waals surface area contributed by atoms with Crippen molar-refractivity contribution in [2.75, 3.05) is 30.9 Å². The number of fused-ring (bicyclic) bond motifs is 2. The molecule has 0 radical (unpaired) electrons. The van der Waals surface area contributed by atoms with Crippen LogP contribution < -0.4 is 11.1 Å². The zero-order valence-corrected chi connectivity index (χ0v) is 13.2. The molecule has 3 rings (SSSR count). The predicted octanol–water partition coefficient (Wildman–Crippen LogP) is 2.73. The SMILES string of the molecule is CSc1c(N)nsc1NCC1CC2CCC(C1)N2C. The third kappa shape index (κ3) is 2.58.